The third-order valence-corrected chi connectivity index (χ3v) is 6.15. The second-order valence-electron chi connectivity index (χ2n) is 8.36. The molecule has 2 atom stereocenters. The van der Waals surface area contributed by atoms with Gasteiger partial charge in [0.1, 0.15) is 6.61 Å². The largest absolute Gasteiger partial charge is 0.525 e. The van der Waals surface area contributed by atoms with Gasteiger partial charge in [-0.05, 0) is 41.3 Å². The lowest BCUT2D eigenvalue weighted by atomic mass is 9.99. The second-order valence-corrected chi connectivity index (χ2v) is 8.36. The molecule has 7 nitrogen and oxygen atoms in total. The average molecular weight is 458 g/mol. The lowest BCUT2D eigenvalue weighted by molar-refractivity contribution is -0.776. The van der Waals surface area contributed by atoms with Crippen LogP contribution in [-0.4, -0.2) is 45.9 Å². The summed E-state index contributed by atoms with van der Waals surface area (Å²) in [5.41, 5.74) is 3.74. The number of amides is 2. The van der Waals surface area contributed by atoms with Crippen LogP contribution in [0.2, 0.25) is 0 Å². The maximum absolute atomic E-state index is 13.7. The van der Waals surface area contributed by atoms with Gasteiger partial charge in [-0.2, -0.15) is 4.79 Å². The van der Waals surface area contributed by atoms with E-state index in [0.717, 1.165) is 16.7 Å². The van der Waals surface area contributed by atoms with Crippen LogP contribution in [0.1, 0.15) is 27.9 Å². The second kappa shape index (κ2) is 9.41. The number of nitrogens with zero attached hydrogens (tertiary/aromatic N) is 1. The molecule has 0 aliphatic carbocycles. The fourth-order valence-electron chi connectivity index (χ4n) is 4.34. The summed E-state index contributed by atoms with van der Waals surface area (Å²) in [6.07, 6.45) is -1.46. The Kier molecular flexibility index (Phi) is 6.38. The Hall–Kier alpha value is -4.10. The molecule has 0 saturated carbocycles. The molecule has 1 unspecified atom stereocenters. The minimum atomic E-state index is -1.54. The summed E-state index contributed by atoms with van der Waals surface area (Å²) in [5, 5.41) is 9.79. The quantitative estimate of drug-likeness (QED) is 0.570. The number of carboxylic acid groups (broad SMARTS) is 1. The number of hydrogen-bond donors (Lipinski definition) is 1. The molecule has 1 aliphatic rings. The van der Waals surface area contributed by atoms with Gasteiger partial charge in [-0.15, -0.1) is 4.48 Å². The van der Waals surface area contributed by atoms with Gasteiger partial charge in [0.25, 0.3) is 0 Å². The van der Waals surface area contributed by atoms with Gasteiger partial charge in [-0.3, -0.25) is 4.79 Å². The molecule has 0 bridgehead atoms. The van der Waals surface area contributed by atoms with Crippen molar-refractivity contribution in [2.45, 2.75) is 26.0 Å². The first kappa shape index (κ1) is 23.1. The number of rotatable bonds is 5. The zero-order valence-corrected chi connectivity index (χ0v) is 18.6. The van der Waals surface area contributed by atoms with E-state index in [9.17, 15) is 24.3 Å². The highest BCUT2D eigenvalue weighted by Crippen LogP contribution is 2.32. The molecule has 0 spiro atoms. The molecule has 4 rings (SSSR count). The molecule has 1 fully saturated rings. The first-order valence-corrected chi connectivity index (χ1v) is 10.9. The van der Waals surface area contributed by atoms with Gasteiger partial charge >= 0.3 is 18.0 Å². The molecule has 0 aromatic heterocycles. The summed E-state index contributed by atoms with van der Waals surface area (Å²) in [4.78, 5) is 51.3. The first-order chi connectivity index (χ1) is 16.3. The van der Waals surface area contributed by atoms with Crippen molar-refractivity contribution < 1.29 is 33.5 Å². The predicted molar refractivity (Wildman–Crippen MR) is 124 cm³/mol. The van der Waals surface area contributed by atoms with Crippen molar-refractivity contribution in [3.8, 4) is 11.1 Å². The first-order valence-electron chi connectivity index (χ1n) is 10.9. The van der Waals surface area contributed by atoms with E-state index in [2.05, 4.69) is 0 Å². The Labute approximate surface area is 196 Å². The van der Waals surface area contributed by atoms with Crippen LogP contribution in [0.15, 0.2) is 78.9 Å². The topological polar surface area (TPSA) is 97.7 Å². The van der Waals surface area contributed by atoms with Crippen molar-refractivity contribution in [1.29, 1.82) is 0 Å². The van der Waals surface area contributed by atoms with E-state index in [1.165, 1.54) is 0 Å². The normalized spacial score (nSPS) is 19.6. The molecule has 1 N–H and O–H groups in total. The third kappa shape index (κ3) is 4.25. The number of carbonyl (C=O) groups is 4. The van der Waals surface area contributed by atoms with Crippen LogP contribution >= 0.6 is 0 Å². The summed E-state index contributed by atoms with van der Waals surface area (Å²) in [6.45, 7) is 1.29. The summed E-state index contributed by atoms with van der Waals surface area (Å²) in [5.74, 6) is -2.64. The number of quaternary nitrogens is 1. The monoisotopic (exact) mass is 458 g/mol. The zero-order chi connectivity index (χ0) is 24.3. The number of imide groups is 1. The van der Waals surface area contributed by atoms with Gasteiger partial charge in [-0.1, -0.05) is 66.7 Å². The van der Waals surface area contributed by atoms with Crippen LogP contribution in [0.4, 0.5) is 4.79 Å². The van der Waals surface area contributed by atoms with Crippen LogP contribution in [0.5, 0.6) is 0 Å². The number of ether oxygens (including phenoxy) is 1. The van der Waals surface area contributed by atoms with Crippen LogP contribution in [0, 0.1) is 6.92 Å². The predicted octanol–water partition coefficient (Wildman–Crippen LogP) is 4.38. The number of carboxylic acids is 1. The number of hydrogen-bond acceptors (Lipinski definition) is 5. The van der Waals surface area contributed by atoms with Crippen molar-refractivity contribution in [3.05, 3.63) is 95.6 Å². The molecule has 172 valence electrons. The van der Waals surface area contributed by atoms with E-state index in [1.54, 1.807) is 48.5 Å². The van der Waals surface area contributed by atoms with Gasteiger partial charge in [0.15, 0.2) is 12.3 Å². The fourth-order valence-corrected chi connectivity index (χ4v) is 4.34. The van der Waals surface area contributed by atoms with Gasteiger partial charge < -0.3 is 9.84 Å². The van der Waals surface area contributed by atoms with E-state index >= 15 is 0 Å². The molecule has 0 radical (unpaired) electrons. The van der Waals surface area contributed by atoms with Crippen molar-refractivity contribution in [3.63, 3.8) is 0 Å². The number of ketones is 1. The van der Waals surface area contributed by atoms with Crippen LogP contribution in [0.25, 0.3) is 11.1 Å². The van der Waals surface area contributed by atoms with Crippen molar-refractivity contribution in [2.75, 3.05) is 6.54 Å². The minimum absolute atomic E-state index is 0.134. The standard InChI is InChI=1S/C27H23NO6/c1-18-7-5-6-10-23(18)20-11-13-21(14-12-20)25(30)28(16-22(29)15-24(28)26(31)32)27(33)34-17-19-8-3-2-4-9-19/h2-14,24H,15-17H2,1H3/p+1/t24-,28?/m0/s1. The molecule has 1 aliphatic heterocycles. The van der Waals surface area contributed by atoms with E-state index in [1.807, 2.05) is 37.3 Å². The highest BCUT2D eigenvalue weighted by molar-refractivity contribution is 6.02. The van der Waals surface area contributed by atoms with Crippen molar-refractivity contribution in [2.24, 2.45) is 0 Å². The van der Waals surface area contributed by atoms with Crippen LogP contribution < -0.4 is 0 Å². The van der Waals surface area contributed by atoms with Gasteiger partial charge in [0, 0.05) is 0 Å². The van der Waals surface area contributed by atoms with Crippen molar-refractivity contribution in [1.82, 2.24) is 0 Å². The summed E-state index contributed by atoms with van der Waals surface area (Å²) >= 11 is 0. The minimum Gasteiger partial charge on any atom is -0.477 e. The Morgan fingerprint density at radius 3 is 2.24 bits per heavy atom. The Morgan fingerprint density at radius 1 is 0.941 bits per heavy atom. The smallest absolute Gasteiger partial charge is 0.477 e. The molecule has 3 aromatic rings. The number of benzene rings is 3. The number of aryl methyl sites for hydroxylation is 1. The molecule has 1 saturated heterocycles. The highest BCUT2D eigenvalue weighted by atomic mass is 16.6. The van der Waals surface area contributed by atoms with E-state index in [0.29, 0.717) is 5.56 Å². The van der Waals surface area contributed by atoms with Crippen LogP contribution in [-0.2, 0) is 20.9 Å². The SMILES string of the molecule is Cc1ccccc1-c1ccc(C(=O)[N+]2(C(=O)OCc3ccccc3)CC(=O)C[C@H]2C(=O)O)cc1. The maximum Gasteiger partial charge on any atom is 0.525 e. The lowest BCUT2D eigenvalue weighted by Crippen LogP contribution is -2.62. The van der Waals surface area contributed by atoms with Gasteiger partial charge in [0.05, 0.1) is 12.0 Å². The summed E-state index contributed by atoms with van der Waals surface area (Å²) < 4.78 is 4.17. The fraction of sp³-hybridized carbons (Fsp3) is 0.185. The summed E-state index contributed by atoms with van der Waals surface area (Å²) in [6, 6.07) is 21.7. The third-order valence-electron chi connectivity index (χ3n) is 6.15. The Balaban J connectivity index is 1.68. The van der Waals surface area contributed by atoms with Crippen LogP contribution in [0.3, 0.4) is 0 Å². The summed E-state index contributed by atoms with van der Waals surface area (Å²) in [7, 11) is 0. The Bertz CT molecular complexity index is 1250. The van der Waals surface area contributed by atoms with E-state index < -0.39 is 47.2 Å². The molecule has 7 heteroatoms. The molecule has 1 heterocycles. The molecule has 2 amide bonds. The lowest BCUT2D eigenvalue weighted by Gasteiger charge is -2.30. The molecular weight excluding hydrogens is 434 g/mol. The molecule has 3 aromatic carbocycles. The number of aliphatic carboxylic acids is 1. The van der Waals surface area contributed by atoms with E-state index in [-0.39, 0.29) is 12.2 Å². The van der Waals surface area contributed by atoms with Crippen molar-refractivity contribution >= 4 is 23.8 Å². The number of likely N-dealkylation sites (tertiary alicyclic amines) is 1. The molecular formula is C27H24NO6+. The highest BCUT2D eigenvalue weighted by Gasteiger charge is 2.62. The number of carbonyl (C=O) groups excluding carboxylic acids is 3. The number of Topliss-reactive ketones (excluding diaryl/α,β-unsaturated/α-hetero) is 1. The van der Waals surface area contributed by atoms with Gasteiger partial charge in [0.2, 0.25) is 6.04 Å². The molecule has 34 heavy (non-hydrogen) atoms. The van der Waals surface area contributed by atoms with Gasteiger partial charge in [-0.25, -0.2) is 9.59 Å². The maximum atomic E-state index is 13.7. The Morgan fingerprint density at radius 2 is 1.59 bits per heavy atom. The average Bonchev–Trinajstić information content (AvgIpc) is 3.22. The zero-order valence-electron chi connectivity index (χ0n) is 18.6. The van der Waals surface area contributed by atoms with E-state index in [4.69, 9.17) is 4.74 Å².